The summed E-state index contributed by atoms with van der Waals surface area (Å²) in [7, 11) is 1.33. The summed E-state index contributed by atoms with van der Waals surface area (Å²) in [6.07, 6.45) is 8.74. The second kappa shape index (κ2) is 10.5. The highest BCUT2D eigenvalue weighted by Crippen LogP contribution is 2.62. The van der Waals surface area contributed by atoms with Crippen LogP contribution in [0, 0.1) is 34.5 Å². The summed E-state index contributed by atoms with van der Waals surface area (Å²) in [5.41, 5.74) is -1.30. The van der Waals surface area contributed by atoms with Gasteiger partial charge in [0.2, 0.25) is 5.78 Å². The van der Waals surface area contributed by atoms with E-state index in [1.807, 2.05) is 19.9 Å². The first-order valence-corrected chi connectivity index (χ1v) is 15.6. The number of hydrogen-bond donors (Lipinski definition) is 3. The van der Waals surface area contributed by atoms with Crippen LogP contribution >= 0.6 is 0 Å². The van der Waals surface area contributed by atoms with Crippen molar-refractivity contribution in [3.8, 4) is 11.5 Å². The maximum Gasteiger partial charge on any atom is 0.307 e. The van der Waals surface area contributed by atoms with Crippen molar-refractivity contribution in [1.29, 1.82) is 0 Å². The van der Waals surface area contributed by atoms with Crippen LogP contribution in [-0.2, 0) is 24.5 Å². The molecule has 9 heteroatoms. The third-order valence-corrected chi connectivity index (χ3v) is 11.5. The molecule has 238 valence electrons. The average molecular weight is 617 g/mol. The minimum absolute atomic E-state index is 0.0526. The van der Waals surface area contributed by atoms with E-state index in [1.54, 1.807) is 0 Å². The molecule has 4 aliphatic carbocycles. The zero-order valence-corrected chi connectivity index (χ0v) is 26.3. The topological polar surface area (TPSA) is 151 Å². The lowest BCUT2D eigenvalue weighted by Gasteiger charge is -2.56. The summed E-state index contributed by atoms with van der Waals surface area (Å²) in [4.78, 5) is 55.1. The number of ketones is 2. The Morgan fingerprint density at radius 1 is 1.04 bits per heavy atom. The van der Waals surface area contributed by atoms with Crippen LogP contribution in [0.1, 0.15) is 72.0 Å². The van der Waals surface area contributed by atoms with Gasteiger partial charge in [-0.1, -0.05) is 50.5 Å². The van der Waals surface area contributed by atoms with Gasteiger partial charge < -0.3 is 24.5 Å². The van der Waals surface area contributed by atoms with Crippen molar-refractivity contribution in [2.75, 3.05) is 7.11 Å². The van der Waals surface area contributed by atoms with Gasteiger partial charge in [0.1, 0.15) is 33.6 Å². The molecule has 1 aromatic heterocycles. The van der Waals surface area contributed by atoms with Crippen molar-refractivity contribution >= 4 is 28.5 Å². The predicted molar refractivity (Wildman–Crippen MR) is 166 cm³/mol. The van der Waals surface area contributed by atoms with Gasteiger partial charge in [-0.05, 0) is 55.8 Å². The first-order chi connectivity index (χ1) is 21.2. The second-order valence-corrected chi connectivity index (χ2v) is 14.2. The Kier molecular flexibility index (Phi) is 7.17. The van der Waals surface area contributed by atoms with Gasteiger partial charge in [0.25, 0.3) is 0 Å². The van der Waals surface area contributed by atoms with Crippen molar-refractivity contribution in [3.63, 3.8) is 0 Å². The zero-order chi connectivity index (χ0) is 32.6. The van der Waals surface area contributed by atoms with Crippen molar-refractivity contribution in [2.24, 2.45) is 34.5 Å². The first-order valence-electron chi connectivity index (χ1n) is 15.6. The number of carboxylic acid groups (broad SMARTS) is 1. The third-order valence-electron chi connectivity index (χ3n) is 11.5. The number of phenols is 2. The van der Waals surface area contributed by atoms with Crippen LogP contribution in [0.3, 0.4) is 0 Å². The number of methoxy groups -OCH3 is 1. The van der Waals surface area contributed by atoms with Gasteiger partial charge in [0.05, 0.1) is 13.0 Å². The number of allylic oxidation sites excluding steroid dienone is 6. The van der Waals surface area contributed by atoms with Crippen LogP contribution in [0.5, 0.6) is 11.5 Å². The molecule has 0 bridgehead atoms. The summed E-state index contributed by atoms with van der Waals surface area (Å²) < 4.78 is 11.6. The quantitative estimate of drug-likeness (QED) is 0.346. The molecule has 1 unspecified atom stereocenters. The number of benzene rings is 1. The van der Waals surface area contributed by atoms with E-state index in [1.165, 1.54) is 30.9 Å². The second-order valence-electron chi connectivity index (χ2n) is 14.2. The number of carboxylic acids is 1. The maximum absolute atomic E-state index is 14.6. The van der Waals surface area contributed by atoms with Gasteiger partial charge in [-0.25, -0.2) is 0 Å². The number of ether oxygens (including phenoxy) is 1. The minimum atomic E-state index is -1.69. The Bertz CT molecular complexity index is 1790. The van der Waals surface area contributed by atoms with E-state index in [0.29, 0.717) is 6.42 Å². The summed E-state index contributed by atoms with van der Waals surface area (Å²) in [6.45, 7) is 8.29. The van der Waals surface area contributed by atoms with Crippen molar-refractivity contribution < 1.29 is 38.9 Å². The van der Waals surface area contributed by atoms with E-state index < -0.39 is 57.3 Å². The SMILES string of the molecule is COC1=CC(=O)[C@@]2(c3cc(=O)c4c(O)cc(O)cc4o3)[C@H](C[C@]3(C)C(C(=O)O)CC=C4[C@H]3CCCC4(C)C)C(C)=CC[C@H]2C1=O. The molecule has 45 heavy (non-hydrogen) atoms. The molecular weight excluding hydrogens is 576 g/mol. The lowest BCUT2D eigenvalue weighted by Crippen LogP contribution is -2.58. The summed E-state index contributed by atoms with van der Waals surface area (Å²) >= 11 is 0. The number of aromatic hydroxyl groups is 2. The Morgan fingerprint density at radius 2 is 1.78 bits per heavy atom. The van der Waals surface area contributed by atoms with Gasteiger partial charge in [0.15, 0.2) is 17.0 Å². The van der Waals surface area contributed by atoms with E-state index in [2.05, 4.69) is 19.9 Å². The van der Waals surface area contributed by atoms with E-state index in [0.717, 1.165) is 30.9 Å². The van der Waals surface area contributed by atoms with Gasteiger partial charge in [0, 0.05) is 36.1 Å². The lowest BCUT2D eigenvalue weighted by molar-refractivity contribution is -0.151. The summed E-state index contributed by atoms with van der Waals surface area (Å²) in [6, 6.07) is 3.40. The highest BCUT2D eigenvalue weighted by molar-refractivity contribution is 6.14. The molecule has 6 atom stereocenters. The first kappa shape index (κ1) is 30.9. The Hall–Kier alpha value is -4.14. The number of rotatable bonds is 5. The molecule has 9 nitrogen and oxygen atoms in total. The number of carbonyl (C=O) groups excluding carboxylic acids is 2. The molecule has 0 radical (unpaired) electrons. The van der Waals surface area contributed by atoms with Crippen LogP contribution in [0.15, 0.2) is 62.5 Å². The largest absolute Gasteiger partial charge is 0.508 e. The van der Waals surface area contributed by atoms with Crippen LogP contribution in [0.25, 0.3) is 11.0 Å². The van der Waals surface area contributed by atoms with Crippen LogP contribution in [-0.4, -0.2) is 40.0 Å². The molecule has 6 rings (SSSR count). The van der Waals surface area contributed by atoms with E-state index in [4.69, 9.17) is 9.15 Å². The maximum atomic E-state index is 14.6. The molecule has 0 spiro atoms. The monoisotopic (exact) mass is 616 g/mol. The van der Waals surface area contributed by atoms with E-state index in [9.17, 15) is 34.5 Å². The van der Waals surface area contributed by atoms with Gasteiger partial charge in [-0.3, -0.25) is 19.2 Å². The molecular formula is C36H40O9. The highest BCUT2D eigenvalue weighted by Gasteiger charge is 2.63. The van der Waals surface area contributed by atoms with Crippen LogP contribution in [0.4, 0.5) is 0 Å². The molecule has 4 aliphatic rings. The number of Topliss-reactive ketones (excluding diaryl/α,β-unsaturated/α-hetero) is 1. The molecule has 1 fully saturated rings. The number of phenolic OH excluding ortho intramolecular Hbond substituents is 2. The standard InChI is InChI=1S/C36H40O9/c1-18-8-9-22-32(41)28(44-5)16-29(40)36(22,30-15-26(39)31-25(38)13-19(37)14-27(31)45-30)24(18)17-35(4)21-7-6-12-34(2,3)20(21)10-11-23(35)33(42)43/h8,10,13-16,21-24,37-38H,6-7,9,11-12,17H2,1-5H3,(H,42,43)/t21-,22+,23?,24-,35+,36+/m1/s1. The average Bonchev–Trinajstić information content (AvgIpc) is 2.95. The predicted octanol–water partition coefficient (Wildman–Crippen LogP) is 5.96. The molecule has 2 aromatic rings. The Morgan fingerprint density at radius 3 is 2.47 bits per heavy atom. The van der Waals surface area contributed by atoms with Gasteiger partial charge in [-0.2, -0.15) is 0 Å². The fourth-order valence-electron chi connectivity index (χ4n) is 9.26. The minimum Gasteiger partial charge on any atom is -0.508 e. The van der Waals surface area contributed by atoms with E-state index >= 15 is 0 Å². The number of aliphatic carboxylic acids is 1. The van der Waals surface area contributed by atoms with Crippen LogP contribution < -0.4 is 5.43 Å². The van der Waals surface area contributed by atoms with Crippen LogP contribution in [0.2, 0.25) is 0 Å². The molecule has 3 N–H and O–H groups in total. The number of fused-ring (bicyclic) bond motifs is 3. The molecule has 0 amide bonds. The molecule has 1 aromatic carbocycles. The normalized spacial score (nSPS) is 32.6. The Labute approximate surface area is 261 Å². The molecule has 1 saturated carbocycles. The van der Waals surface area contributed by atoms with E-state index in [-0.39, 0.29) is 52.4 Å². The zero-order valence-electron chi connectivity index (χ0n) is 26.3. The molecule has 0 aliphatic heterocycles. The highest BCUT2D eigenvalue weighted by atomic mass is 16.5. The van der Waals surface area contributed by atoms with Crippen molar-refractivity contribution in [2.45, 2.75) is 71.6 Å². The van der Waals surface area contributed by atoms with Gasteiger partial charge in [-0.15, -0.1) is 0 Å². The lowest BCUT2D eigenvalue weighted by atomic mass is 9.46. The molecule has 1 heterocycles. The fraction of sp³-hybridized carbons (Fsp3) is 0.500. The number of hydrogen-bond acceptors (Lipinski definition) is 8. The molecule has 0 saturated heterocycles. The van der Waals surface area contributed by atoms with Crippen molar-refractivity contribution in [3.05, 3.63) is 69.3 Å². The van der Waals surface area contributed by atoms with Gasteiger partial charge >= 0.3 is 5.97 Å². The third kappa shape index (κ3) is 4.41. The smallest absolute Gasteiger partial charge is 0.307 e. The van der Waals surface area contributed by atoms with Crippen molar-refractivity contribution in [1.82, 2.24) is 0 Å². The Balaban J connectivity index is 1.62. The fourth-order valence-corrected chi connectivity index (χ4v) is 9.26. The summed E-state index contributed by atoms with van der Waals surface area (Å²) in [5, 5.41) is 31.1. The number of carbonyl (C=O) groups is 3. The summed E-state index contributed by atoms with van der Waals surface area (Å²) in [5.74, 6) is -5.22.